The average Bonchev–Trinajstić information content (AvgIpc) is 2.27. The van der Waals surface area contributed by atoms with Crippen molar-refractivity contribution in [2.45, 2.75) is 12.8 Å². The van der Waals surface area contributed by atoms with Crippen molar-refractivity contribution in [1.82, 2.24) is 0 Å². The molecule has 0 atom stereocenters. The molecule has 0 aliphatic carbocycles. The maximum atomic E-state index is 10.8. The van der Waals surface area contributed by atoms with Gasteiger partial charge in [0.2, 0.25) is 0 Å². The van der Waals surface area contributed by atoms with E-state index in [1.54, 1.807) is 0 Å². The van der Waals surface area contributed by atoms with Gasteiger partial charge in [0.15, 0.2) is 0 Å². The van der Waals surface area contributed by atoms with Gasteiger partial charge >= 0.3 is 0 Å². The van der Waals surface area contributed by atoms with Crippen molar-refractivity contribution in [3.05, 3.63) is 37.9 Å². The molecule has 0 amide bonds. The SMILES string of the molecule is O=[N+]([O-])c1cc2c(c([N+](=O)[O-])c1)CCCN2. The maximum Gasteiger partial charge on any atom is 0.281 e. The lowest BCUT2D eigenvalue weighted by Crippen LogP contribution is -2.13. The molecule has 0 radical (unpaired) electrons. The van der Waals surface area contributed by atoms with Crippen LogP contribution in [0.3, 0.4) is 0 Å². The number of hydrogen-bond donors (Lipinski definition) is 1. The second kappa shape index (κ2) is 3.76. The number of nitro groups is 2. The van der Waals surface area contributed by atoms with Gasteiger partial charge in [0.05, 0.1) is 27.2 Å². The number of rotatable bonds is 2. The van der Waals surface area contributed by atoms with Gasteiger partial charge in [-0.15, -0.1) is 0 Å². The van der Waals surface area contributed by atoms with Crippen LogP contribution < -0.4 is 5.32 Å². The standard InChI is InChI=1S/C9H9N3O4/c13-11(14)6-4-8-7(2-1-3-10-8)9(5-6)12(15)16/h4-5,10H,1-3H2. The van der Waals surface area contributed by atoms with Gasteiger partial charge in [0.1, 0.15) is 0 Å². The fourth-order valence-electron chi connectivity index (χ4n) is 1.82. The zero-order valence-electron chi connectivity index (χ0n) is 8.30. The summed E-state index contributed by atoms with van der Waals surface area (Å²) in [4.78, 5) is 20.2. The molecule has 1 aliphatic heterocycles. The van der Waals surface area contributed by atoms with Crippen LogP contribution in [0.2, 0.25) is 0 Å². The molecule has 16 heavy (non-hydrogen) atoms. The highest BCUT2D eigenvalue weighted by Gasteiger charge is 2.25. The Morgan fingerprint density at radius 2 is 1.94 bits per heavy atom. The first-order chi connectivity index (χ1) is 7.59. The largest absolute Gasteiger partial charge is 0.384 e. The molecular formula is C9H9N3O4. The van der Waals surface area contributed by atoms with Crippen molar-refractivity contribution >= 4 is 17.1 Å². The minimum absolute atomic E-state index is 0.170. The summed E-state index contributed by atoms with van der Waals surface area (Å²) in [5.74, 6) is 0. The number of hydrogen-bond acceptors (Lipinski definition) is 5. The Morgan fingerprint density at radius 1 is 1.19 bits per heavy atom. The molecule has 0 fully saturated rings. The smallest absolute Gasteiger partial charge is 0.281 e. The lowest BCUT2D eigenvalue weighted by Gasteiger charge is -2.17. The van der Waals surface area contributed by atoms with E-state index in [1.165, 1.54) is 6.07 Å². The van der Waals surface area contributed by atoms with E-state index in [1.807, 2.05) is 0 Å². The van der Waals surface area contributed by atoms with Crippen molar-refractivity contribution < 1.29 is 9.85 Å². The van der Waals surface area contributed by atoms with Crippen LogP contribution in [0.4, 0.5) is 17.1 Å². The zero-order valence-corrected chi connectivity index (χ0v) is 8.30. The Morgan fingerprint density at radius 3 is 2.56 bits per heavy atom. The van der Waals surface area contributed by atoms with E-state index in [0.717, 1.165) is 12.5 Å². The molecular weight excluding hydrogens is 214 g/mol. The molecule has 1 aromatic rings. The van der Waals surface area contributed by atoms with Crippen LogP contribution in [-0.2, 0) is 6.42 Å². The maximum absolute atomic E-state index is 10.8. The van der Waals surface area contributed by atoms with Crippen LogP contribution in [0, 0.1) is 20.2 Å². The highest BCUT2D eigenvalue weighted by atomic mass is 16.6. The predicted octanol–water partition coefficient (Wildman–Crippen LogP) is 1.86. The first-order valence-corrected chi connectivity index (χ1v) is 4.79. The number of non-ortho nitro benzene ring substituents is 1. The summed E-state index contributed by atoms with van der Waals surface area (Å²) in [6.45, 7) is 0.686. The van der Waals surface area contributed by atoms with Crippen molar-refractivity contribution in [1.29, 1.82) is 0 Å². The lowest BCUT2D eigenvalue weighted by atomic mass is 10.0. The molecule has 0 saturated carbocycles. The van der Waals surface area contributed by atoms with Crippen LogP contribution in [-0.4, -0.2) is 16.4 Å². The molecule has 0 spiro atoms. The van der Waals surface area contributed by atoms with E-state index in [0.29, 0.717) is 24.2 Å². The third-order valence-corrected chi connectivity index (χ3v) is 2.54. The number of fused-ring (bicyclic) bond motifs is 1. The van der Waals surface area contributed by atoms with Crippen molar-refractivity contribution in [2.75, 3.05) is 11.9 Å². The van der Waals surface area contributed by atoms with Gasteiger partial charge in [0.25, 0.3) is 11.4 Å². The number of benzene rings is 1. The highest BCUT2D eigenvalue weighted by Crippen LogP contribution is 2.34. The molecule has 0 saturated heterocycles. The van der Waals surface area contributed by atoms with E-state index in [4.69, 9.17) is 0 Å². The minimum Gasteiger partial charge on any atom is -0.384 e. The van der Waals surface area contributed by atoms with Crippen LogP contribution in [0.1, 0.15) is 12.0 Å². The summed E-state index contributed by atoms with van der Waals surface area (Å²) in [6.07, 6.45) is 1.38. The second-order valence-electron chi connectivity index (χ2n) is 3.54. The molecule has 0 aromatic heterocycles. The predicted molar refractivity (Wildman–Crippen MR) is 56.6 cm³/mol. The minimum atomic E-state index is -0.621. The monoisotopic (exact) mass is 223 g/mol. The molecule has 1 aliphatic rings. The summed E-state index contributed by atoms with van der Waals surface area (Å²) in [5.41, 5.74) is 0.644. The van der Waals surface area contributed by atoms with Gasteiger partial charge in [-0.05, 0) is 12.8 Å². The summed E-state index contributed by atoms with van der Waals surface area (Å²) < 4.78 is 0. The quantitative estimate of drug-likeness (QED) is 0.609. The Bertz CT molecular complexity index is 472. The van der Waals surface area contributed by atoms with Crippen LogP contribution in [0.5, 0.6) is 0 Å². The Balaban J connectivity index is 2.61. The summed E-state index contributed by atoms with van der Waals surface area (Å²) in [7, 11) is 0. The topological polar surface area (TPSA) is 98.3 Å². The van der Waals surface area contributed by atoms with Gasteiger partial charge in [-0.25, -0.2) is 0 Å². The third-order valence-electron chi connectivity index (χ3n) is 2.54. The molecule has 0 unspecified atom stereocenters. The van der Waals surface area contributed by atoms with Gasteiger partial charge in [-0.3, -0.25) is 20.2 Å². The van der Waals surface area contributed by atoms with Gasteiger partial charge in [-0.2, -0.15) is 0 Å². The van der Waals surface area contributed by atoms with Crippen LogP contribution in [0.15, 0.2) is 12.1 Å². The fraction of sp³-hybridized carbons (Fsp3) is 0.333. The average molecular weight is 223 g/mol. The molecule has 7 heteroatoms. The van der Waals surface area contributed by atoms with E-state index >= 15 is 0 Å². The number of nitro benzene ring substituents is 2. The van der Waals surface area contributed by atoms with E-state index in [9.17, 15) is 20.2 Å². The Hall–Kier alpha value is -2.18. The van der Waals surface area contributed by atoms with Crippen molar-refractivity contribution in [3.63, 3.8) is 0 Å². The first kappa shape index (κ1) is 10.3. The second-order valence-corrected chi connectivity index (χ2v) is 3.54. The molecule has 1 heterocycles. The zero-order chi connectivity index (χ0) is 11.7. The summed E-state index contributed by atoms with van der Waals surface area (Å²) >= 11 is 0. The molecule has 0 bridgehead atoms. The summed E-state index contributed by atoms with van der Waals surface area (Å²) in [6, 6.07) is 2.37. The van der Waals surface area contributed by atoms with Crippen molar-refractivity contribution in [2.24, 2.45) is 0 Å². The number of nitrogens with one attached hydrogen (secondary N) is 1. The molecule has 84 valence electrons. The highest BCUT2D eigenvalue weighted by molar-refractivity contribution is 5.67. The van der Waals surface area contributed by atoms with Gasteiger partial charge in [-0.1, -0.05) is 0 Å². The third kappa shape index (κ3) is 1.67. The van der Waals surface area contributed by atoms with Gasteiger partial charge < -0.3 is 5.32 Å². The Kier molecular flexibility index (Phi) is 2.43. The van der Waals surface area contributed by atoms with E-state index in [2.05, 4.69) is 5.32 Å². The number of anilines is 1. The van der Waals surface area contributed by atoms with E-state index in [-0.39, 0.29) is 11.4 Å². The molecule has 7 nitrogen and oxygen atoms in total. The fourth-order valence-corrected chi connectivity index (χ4v) is 1.82. The van der Waals surface area contributed by atoms with Gasteiger partial charge in [0, 0.05) is 12.6 Å². The Labute approximate surface area is 90.4 Å². The molecule has 1 aromatic carbocycles. The van der Waals surface area contributed by atoms with Crippen molar-refractivity contribution in [3.8, 4) is 0 Å². The van der Waals surface area contributed by atoms with E-state index < -0.39 is 9.85 Å². The molecule has 1 N–H and O–H groups in total. The summed E-state index contributed by atoms with van der Waals surface area (Å²) in [5, 5.41) is 24.4. The molecule has 2 rings (SSSR count). The lowest BCUT2D eigenvalue weighted by molar-refractivity contribution is -0.394. The first-order valence-electron chi connectivity index (χ1n) is 4.79. The van der Waals surface area contributed by atoms with Crippen LogP contribution in [0.25, 0.3) is 0 Å². The number of nitrogens with zero attached hydrogens (tertiary/aromatic N) is 2. The van der Waals surface area contributed by atoms with Crippen LogP contribution >= 0.6 is 0 Å². The normalized spacial score (nSPS) is 13.8.